The van der Waals surface area contributed by atoms with Crippen molar-refractivity contribution < 1.29 is 13.2 Å². The molecule has 3 rings (SSSR count). The van der Waals surface area contributed by atoms with Crippen molar-refractivity contribution in [3.63, 3.8) is 0 Å². The van der Waals surface area contributed by atoms with Gasteiger partial charge in [-0.2, -0.15) is 0 Å². The first-order valence-electron chi connectivity index (χ1n) is 8.77. The maximum atomic E-state index is 13.0. The Balaban J connectivity index is 1.79. The van der Waals surface area contributed by atoms with Gasteiger partial charge in [0.2, 0.25) is 5.91 Å². The van der Waals surface area contributed by atoms with Crippen LogP contribution in [0.4, 0.5) is 5.69 Å². The highest BCUT2D eigenvalue weighted by Crippen LogP contribution is 2.26. The van der Waals surface area contributed by atoms with Crippen molar-refractivity contribution in [1.29, 1.82) is 0 Å². The van der Waals surface area contributed by atoms with E-state index >= 15 is 0 Å². The molecular formula is C17H22N4O4S2. The van der Waals surface area contributed by atoms with Gasteiger partial charge in [0.05, 0.1) is 23.3 Å². The Morgan fingerprint density at radius 2 is 2.11 bits per heavy atom. The Kier molecular flexibility index (Phi) is 6.05. The third kappa shape index (κ3) is 4.62. The molecule has 0 radical (unpaired) electrons. The van der Waals surface area contributed by atoms with E-state index in [0.717, 1.165) is 6.42 Å². The molecule has 1 atom stereocenters. The number of aromatic amines is 1. The summed E-state index contributed by atoms with van der Waals surface area (Å²) < 4.78 is 25.3. The predicted molar refractivity (Wildman–Crippen MR) is 105 cm³/mol. The van der Waals surface area contributed by atoms with E-state index in [2.05, 4.69) is 10.2 Å². The fourth-order valence-corrected chi connectivity index (χ4v) is 5.69. The lowest BCUT2D eigenvalue weighted by atomic mass is 10.2. The van der Waals surface area contributed by atoms with Crippen molar-refractivity contribution >= 4 is 33.2 Å². The van der Waals surface area contributed by atoms with Crippen LogP contribution in [0.25, 0.3) is 0 Å². The van der Waals surface area contributed by atoms with Crippen molar-refractivity contribution in [1.82, 2.24) is 14.8 Å². The summed E-state index contributed by atoms with van der Waals surface area (Å²) in [7, 11) is -3.12. The lowest BCUT2D eigenvalue weighted by molar-refractivity contribution is -0.116. The molecule has 146 valence electrons. The second-order valence-corrected chi connectivity index (χ2v) is 9.58. The van der Waals surface area contributed by atoms with E-state index in [9.17, 15) is 18.0 Å². The van der Waals surface area contributed by atoms with Crippen LogP contribution in [0, 0.1) is 0 Å². The van der Waals surface area contributed by atoms with E-state index in [1.807, 2.05) is 25.1 Å². The van der Waals surface area contributed by atoms with Crippen molar-refractivity contribution in [3.05, 3.63) is 40.8 Å². The average molecular weight is 411 g/mol. The number of nitrogens with zero attached hydrogens (tertiary/aromatic N) is 3. The molecule has 1 aliphatic rings. The Hall–Kier alpha value is -2.07. The number of thioether (sulfide) groups is 1. The first-order chi connectivity index (χ1) is 12.9. The third-order valence-corrected chi connectivity index (χ3v) is 7.08. The SMILES string of the molecule is CCCn1c(SCC(=O)N(c2ccccc2)[C@H]2CCS(=O)(=O)C2)n[nH]c1=O. The van der Waals surface area contributed by atoms with Crippen LogP contribution in [-0.2, 0) is 21.2 Å². The number of anilines is 1. The molecule has 1 fully saturated rings. The summed E-state index contributed by atoms with van der Waals surface area (Å²) in [5.41, 5.74) is 0.381. The molecule has 1 N–H and O–H groups in total. The van der Waals surface area contributed by atoms with Gasteiger partial charge in [-0.05, 0) is 25.0 Å². The van der Waals surface area contributed by atoms with Gasteiger partial charge in [-0.15, -0.1) is 5.10 Å². The molecule has 1 aromatic carbocycles. The number of aromatic nitrogens is 3. The normalized spacial score (nSPS) is 18.5. The molecule has 2 heterocycles. The summed E-state index contributed by atoms with van der Waals surface area (Å²) in [6.45, 7) is 2.48. The zero-order valence-electron chi connectivity index (χ0n) is 15.0. The largest absolute Gasteiger partial charge is 0.343 e. The van der Waals surface area contributed by atoms with Gasteiger partial charge in [-0.1, -0.05) is 36.9 Å². The summed E-state index contributed by atoms with van der Waals surface area (Å²) in [6, 6.07) is 8.71. The van der Waals surface area contributed by atoms with Gasteiger partial charge in [0.25, 0.3) is 0 Å². The lowest BCUT2D eigenvalue weighted by Gasteiger charge is -2.28. The van der Waals surface area contributed by atoms with E-state index < -0.39 is 9.84 Å². The minimum atomic E-state index is -3.12. The van der Waals surface area contributed by atoms with Gasteiger partial charge in [0.1, 0.15) is 0 Å². The van der Waals surface area contributed by atoms with E-state index in [1.54, 1.807) is 17.0 Å². The molecule has 1 aliphatic heterocycles. The highest BCUT2D eigenvalue weighted by atomic mass is 32.2. The maximum absolute atomic E-state index is 13.0. The second kappa shape index (κ2) is 8.30. The Morgan fingerprint density at radius 3 is 2.74 bits per heavy atom. The molecule has 0 spiro atoms. The molecule has 2 aromatic rings. The highest BCUT2D eigenvalue weighted by molar-refractivity contribution is 7.99. The number of hydrogen-bond donors (Lipinski definition) is 1. The van der Waals surface area contributed by atoms with Crippen molar-refractivity contribution in [2.75, 3.05) is 22.2 Å². The molecule has 0 bridgehead atoms. The van der Waals surface area contributed by atoms with Gasteiger partial charge in [-0.3, -0.25) is 9.36 Å². The molecule has 8 nitrogen and oxygen atoms in total. The first kappa shape index (κ1) is 19.7. The Bertz CT molecular complexity index is 953. The summed E-state index contributed by atoms with van der Waals surface area (Å²) >= 11 is 1.18. The summed E-state index contributed by atoms with van der Waals surface area (Å²) in [5, 5.41) is 6.85. The minimum absolute atomic E-state index is 0.0265. The standard InChI is InChI=1S/C17H22N4O4S2/c1-2-9-20-16(23)18-19-17(20)26-11-15(22)21(13-6-4-3-5-7-13)14-8-10-27(24,25)12-14/h3-7,14H,2,8-12H2,1H3,(H,18,23)/t14-/m0/s1. The van der Waals surface area contributed by atoms with E-state index in [-0.39, 0.29) is 34.9 Å². The number of amides is 1. The Morgan fingerprint density at radius 1 is 1.37 bits per heavy atom. The molecule has 0 aliphatic carbocycles. The van der Waals surface area contributed by atoms with E-state index in [0.29, 0.717) is 23.8 Å². The van der Waals surface area contributed by atoms with Crippen molar-refractivity contribution in [3.8, 4) is 0 Å². The fraction of sp³-hybridized carbons (Fsp3) is 0.471. The minimum Gasteiger partial charge on any atom is -0.308 e. The number of rotatable bonds is 7. The van der Waals surface area contributed by atoms with Gasteiger partial charge >= 0.3 is 5.69 Å². The zero-order valence-corrected chi connectivity index (χ0v) is 16.6. The highest BCUT2D eigenvalue weighted by Gasteiger charge is 2.35. The number of carbonyl (C=O) groups excluding carboxylic acids is 1. The van der Waals surface area contributed by atoms with Crippen LogP contribution in [-0.4, -0.2) is 52.4 Å². The van der Waals surface area contributed by atoms with Crippen LogP contribution < -0.4 is 10.6 Å². The van der Waals surface area contributed by atoms with Crippen molar-refractivity contribution in [2.24, 2.45) is 0 Å². The number of carbonyl (C=O) groups is 1. The van der Waals surface area contributed by atoms with Crippen LogP contribution in [0.1, 0.15) is 19.8 Å². The topological polar surface area (TPSA) is 105 Å². The van der Waals surface area contributed by atoms with Gasteiger partial charge in [0, 0.05) is 12.2 Å². The lowest BCUT2D eigenvalue weighted by Crippen LogP contribution is -2.42. The molecule has 10 heteroatoms. The van der Waals surface area contributed by atoms with Gasteiger partial charge in [-0.25, -0.2) is 18.3 Å². The van der Waals surface area contributed by atoms with Crippen LogP contribution >= 0.6 is 11.8 Å². The quantitative estimate of drug-likeness (QED) is 0.690. The monoisotopic (exact) mass is 410 g/mol. The molecular weight excluding hydrogens is 388 g/mol. The molecule has 27 heavy (non-hydrogen) atoms. The zero-order chi connectivity index (χ0) is 19.4. The maximum Gasteiger partial charge on any atom is 0.343 e. The van der Waals surface area contributed by atoms with Crippen LogP contribution in [0.15, 0.2) is 40.3 Å². The summed E-state index contributed by atoms with van der Waals surface area (Å²) in [6.07, 6.45) is 1.20. The number of nitrogens with one attached hydrogen (secondary N) is 1. The molecule has 0 saturated carbocycles. The fourth-order valence-electron chi connectivity index (χ4n) is 3.16. The van der Waals surface area contributed by atoms with Gasteiger partial charge < -0.3 is 4.90 Å². The number of H-pyrrole nitrogens is 1. The molecule has 1 amide bonds. The molecule has 0 unspecified atom stereocenters. The summed E-state index contributed by atoms with van der Waals surface area (Å²) in [5.74, 6) is -0.0656. The van der Waals surface area contributed by atoms with E-state index in [1.165, 1.54) is 16.3 Å². The number of hydrogen-bond acceptors (Lipinski definition) is 6. The first-order valence-corrected chi connectivity index (χ1v) is 11.6. The molecule has 1 aromatic heterocycles. The van der Waals surface area contributed by atoms with Crippen LogP contribution in [0.2, 0.25) is 0 Å². The van der Waals surface area contributed by atoms with E-state index in [4.69, 9.17) is 0 Å². The smallest absolute Gasteiger partial charge is 0.308 e. The number of para-hydroxylation sites is 1. The third-order valence-electron chi connectivity index (χ3n) is 4.37. The number of sulfone groups is 1. The van der Waals surface area contributed by atoms with Crippen LogP contribution in [0.5, 0.6) is 0 Å². The second-order valence-electron chi connectivity index (χ2n) is 6.41. The predicted octanol–water partition coefficient (Wildman–Crippen LogP) is 1.29. The number of benzene rings is 1. The Labute approximate surface area is 161 Å². The van der Waals surface area contributed by atoms with Crippen molar-refractivity contribution in [2.45, 2.75) is 37.5 Å². The van der Waals surface area contributed by atoms with Crippen LogP contribution in [0.3, 0.4) is 0 Å². The average Bonchev–Trinajstić information content (AvgIpc) is 3.17. The summed E-state index contributed by atoms with van der Waals surface area (Å²) in [4.78, 5) is 26.3. The van der Waals surface area contributed by atoms with Gasteiger partial charge in [0.15, 0.2) is 15.0 Å². The molecule has 1 saturated heterocycles.